The first-order valence-electron chi connectivity index (χ1n) is 10.1. The molecule has 2 fully saturated rings. The molecule has 0 radical (unpaired) electrons. The lowest BCUT2D eigenvalue weighted by molar-refractivity contribution is -0.144. The molecule has 1 N–H and O–H groups in total. The molecular formula is C22H27F2NO5. The summed E-state index contributed by atoms with van der Waals surface area (Å²) in [7, 11) is 1.33. The topological polar surface area (TPSA) is 73.9 Å². The fourth-order valence-corrected chi connectivity index (χ4v) is 4.64. The van der Waals surface area contributed by atoms with Crippen molar-refractivity contribution >= 4 is 18.0 Å². The summed E-state index contributed by atoms with van der Waals surface area (Å²) >= 11 is 0. The molecule has 4 unspecified atom stereocenters. The number of amides is 1. The Labute approximate surface area is 174 Å². The van der Waals surface area contributed by atoms with Gasteiger partial charge in [0.15, 0.2) is 18.1 Å². The molecule has 3 rings (SSSR count). The third-order valence-corrected chi connectivity index (χ3v) is 5.98. The zero-order chi connectivity index (χ0) is 21.7. The molecule has 2 aliphatic carbocycles. The van der Waals surface area contributed by atoms with Crippen molar-refractivity contribution in [1.29, 1.82) is 0 Å². The minimum Gasteiger partial charge on any atom is -0.493 e. The number of alkyl halides is 2. The number of hydrogen-bond acceptors (Lipinski definition) is 5. The van der Waals surface area contributed by atoms with Gasteiger partial charge in [0.2, 0.25) is 0 Å². The minimum absolute atomic E-state index is 0.0727. The summed E-state index contributed by atoms with van der Waals surface area (Å²) in [4.78, 5) is 24.0. The van der Waals surface area contributed by atoms with E-state index in [0.717, 1.165) is 12.0 Å². The SMILES string of the molecule is COc1cc(/C=C/C(=O)OCC(=O)NC(C)C2CC3CCC2C3)ccc1OC(F)F. The highest BCUT2D eigenvalue weighted by molar-refractivity contribution is 5.89. The van der Waals surface area contributed by atoms with Gasteiger partial charge >= 0.3 is 12.6 Å². The molecular weight excluding hydrogens is 396 g/mol. The Morgan fingerprint density at radius 3 is 2.67 bits per heavy atom. The first kappa shape index (κ1) is 22.1. The van der Waals surface area contributed by atoms with Crippen molar-refractivity contribution in [3.05, 3.63) is 29.8 Å². The van der Waals surface area contributed by atoms with Crippen LogP contribution in [0.4, 0.5) is 8.78 Å². The standard InChI is InChI=1S/C22H27F2NO5/c1-13(17-10-15-3-6-16(17)9-15)25-20(26)12-29-21(27)8-5-14-4-7-18(30-22(23)24)19(11-14)28-2/h4-5,7-8,11,13,15-17,22H,3,6,9-10,12H2,1-2H3,(H,25,26)/b8-5+. The number of esters is 1. The molecule has 164 valence electrons. The van der Waals surface area contributed by atoms with E-state index in [1.54, 1.807) is 0 Å². The zero-order valence-electron chi connectivity index (χ0n) is 17.1. The third-order valence-electron chi connectivity index (χ3n) is 5.98. The summed E-state index contributed by atoms with van der Waals surface area (Å²) in [5.74, 6) is 1.03. The summed E-state index contributed by atoms with van der Waals surface area (Å²) in [6.45, 7) is -1.30. The molecule has 2 aliphatic rings. The predicted molar refractivity (Wildman–Crippen MR) is 106 cm³/mol. The fourth-order valence-electron chi connectivity index (χ4n) is 4.64. The number of halogens is 2. The van der Waals surface area contributed by atoms with Gasteiger partial charge in [-0.25, -0.2) is 4.79 Å². The van der Waals surface area contributed by atoms with Crippen LogP contribution in [0.15, 0.2) is 24.3 Å². The van der Waals surface area contributed by atoms with Crippen molar-refractivity contribution in [3.8, 4) is 11.5 Å². The van der Waals surface area contributed by atoms with Crippen LogP contribution in [-0.4, -0.2) is 38.2 Å². The smallest absolute Gasteiger partial charge is 0.387 e. The van der Waals surface area contributed by atoms with E-state index < -0.39 is 12.6 Å². The lowest BCUT2D eigenvalue weighted by atomic mass is 9.84. The molecule has 0 saturated heterocycles. The van der Waals surface area contributed by atoms with Crippen molar-refractivity contribution in [1.82, 2.24) is 5.32 Å². The lowest BCUT2D eigenvalue weighted by Crippen LogP contribution is -2.41. The predicted octanol–water partition coefficient (Wildman–Crippen LogP) is 3.79. The molecule has 0 spiro atoms. The van der Waals surface area contributed by atoms with Gasteiger partial charge in [-0.2, -0.15) is 8.78 Å². The first-order valence-corrected chi connectivity index (χ1v) is 10.1. The van der Waals surface area contributed by atoms with E-state index >= 15 is 0 Å². The molecule has 8 heteroatoms. The first-order chi connectivity index (χ1) is 14.4. The van der Waals surface area contributed by atoms with E-state index in [9.17, 15) is 18.4 Å². The summed E-state index contributed by atoms with van der Waals surface area (Å²) in [6, 6.07) is 4.34. The number of carbonyl (C=O) groups excluding carboxylic acids is 2. The van der Waals surface area contributed by atoms with Crippen LogP contribution >= 0.6 is 0 Å². The van der Waals surface area contributed by atoms with Gasteiger partial charge in [0.1, 0.15) is 0 Å². The third kappa shape index (κ3) is 5.70. The molecule has 0 heterocycles. The van der Waals surface area contributed by atoms with Crippen LogP contribution in [-0.2, 0) is 14.3 Å². The average Bonchev–Trinajstić information content (AvgIpc) is 3.34. The molecule has 1 aromatic rings. The Kier molecular flexibility index (Phi) is 7.29. The van der Waals surface area contributed by atoms with Crippen LogP contribution in [0.1, 0.15) is 38.2 Å². The van der Waals surface area contributed by atoms with Crippen LogP contribution in [0.2, 0.25) is 0 Å². The van der Waals surface area contributed by atoms with E-state index in [-0.39, 0.29) is 30.1 Å². The van der Waals surface area contributed by atoms with Gasteiger partial charge in [0.05, 0.1) is 7.11 Å². The van der Waals surface area contributed by atoms with E-state index in [4.69, 9.17) is 9.47 Å². The highest BCUT2D eigenvalue weighted by Crippen LogP contribution is 2.49. The van der Waals surface area contributed by atoms with Crippen LogP contribution < -0.4 is 14.8 Å². The molecule has 4 atom stereocenters. The van der Waals surface area contributed by atoms with Gasteiger partial charge in [-0.3, -0.25) is 4.79 Å². The number of fused-ring (bicyclic) bond motifs is 2. The van der Waals surface area contributed by atoms with Crippen molar-refractivity contribution in [2.75, 3.05) is 13.7 Å². The van der Waals surface area contributed by atoms with Crippen LogP contribution in [0.3, 0.4) is 0 Å². The molecule has 1 aromatic carbocycles. The van der Waals surface area contributed by atoms with Crippen molar-refractivity contribution in [2.45, 2.75) is 45.3 Å². The van der Waals surface area contributed by atoms with Crippen LogP contribution in [0.25, 0.3) is 6.08 Å². The van der Waals surface area contributed by atoms with E-state index in [0.29, 0.717) is 17.4 Å². The molecule has 0 aliphatic heterocycles. The Morgan fingerprint density at radius 1 is 1.23 bits per heavy atom. The number of rotatable bonds is 9. The van der Waals surface area contributed by atoms with E-state index in [1.807, 2.05) is 6.92 Å². The lowest BCUT2D eigenvalue weighted by Gasteiger charge is -2.28. The molecule has 6 nitrogen and oxygen atoms in total. The molecule has 1 amide bonds. The number of benzene rings is 1. The molecule has 0 aromatic heterocycles. The Morgan fingerprint density at radius 2 is 2.03 bits per heavy atom. The van der Waals surface area contributed by atoms with Gasteiger partial charge < -0.3 is 19.5 Å². The number of nitrogens with one attached hydrogen (secondary N) is 1. The van der Waals surface area contributed by atoms with Gasteiger partial charge in [-0.15, -0.1) is 0 Å². The summed E-state index contributed by atoms with van der Waals surface area (Å²) < 4.78 is 39.1. The van der Waals surface area contributed by atoms with Crippen molar-refractivity contribution in [3.63, 3.8) is 0 Å². The highest BCUT2D eigenvalue weighted by atomic mass is 19.3. The van der Waals surface area contributed by atoms with Crippen molar-refractivity contribution < 1.29 is 32.6 Å². The number of methoxy groups -OCH3 is 1. The normalized spacial score (nSPS) is 23.6. The second-order valence-electron chi connectivity index (χ2n) is 7.92. The van der Waals surface area contributed by atoms with E-state index in [1.165, 1.54) is 57.1 Å². The monoisotopic (exact) mass is 423 g/mol. The number of ether oxygens (including phenoxy) is 3. The Hall–Kier alpha value is -2.64. The molecule has 30 heavy (non-hydrogen) atoms. The van der Waals surface area contributed by atoms with Gasteiger partial charge in [0.25, 0.3) is 5.91 Å². The second kappa shape index (κ2) is 9.91. The van der Waals surface area contributed by atoms with Crippen LogP contribution in [0.5, 0.6) is 11.5 Å². The second-order valence-corrected chi connectivity index (χ2v) is 7.92. The van der Waals surface area contributed by atoms with E-state index in [2.05, 4.69) is 10.1 Å². The largest absolute Gasteiger partial charge is 0.493 e. The number of carbonyl (C=O) groups is 2. The van der Waals surface area contributed by atoms with Crippen molar-refractivity contribution in [2.24, 2.45) is 17.8 Å². The maximum Gasteiger partial charge on any atom is 0.387 e. The average molecular weight is 423 g/mol. The van der Waals surface area contributed by atoms with Gasteiger partial charge in [-0.05, 0) is 67.7 Å². The minimum atomic E-state index is -2.96. The maximum absolute atomic E-state index is 12.4. The van der Waals surface area contributed by atoms with Gasteiger partial charge in [0, 0.05) is 12.1 Å². The Bertz CT molecular complexity index is 798. The summed E-state index contributed by atoms with van der Waals surface area (Å²) in [5.41, 5.74) is 0.528. The maximum atomic E-state index is 12.4. The number of hydrogen-bond donors (Lipinski definition) is 1. The highest BCUT2D eigenvalue weighted by Gasteiger charge is 2.42. The molecule has 2 bridgehead atoms. The van der Waals surface area contributed by atoms with Crippen LogP contribution in [0, 0.1) is 17.8 Å². The Balaban J connectivity index is 1.44. The van der Waals surface area contributed by atoms with Gasteiger partial charge in [-0.1, -0.05) is 12.5 Å². The summed E-state index contributed by atoms with van der Waals surface area (Å²) in [6.07, 6.45) is 7.58. The zero-order valence-corrected chi connectivity index (χ0v) is 17.1. The summed E-state index contributed by atoms with van der Waals surface area (Å²) in [5, 5.41) is 2.94. The fraction of sp³-hybridized carbons (Fsp3) is 0.545. The quantitative estimate of drug-likeness (QED) is 0.483. The molecule has 2 saturated carbocycles.